The topological polar surface area (TPSA) is 117 Å². The molecule has 1 amide bonds. The van der Waals surface area contributed by atoms with Crippen molar-refractivity contribution in [2.45, 2.75) is 56.8 Å². The first-order valence-electron chi connectivity index (χ1n) is 11.3. The molecule has 0 atom stereocenters. The van der Waals surface area contributed by atoms with E-state index in [1.807, 2.05) is 18.2 Å². The molecule has 5 rings (SSSR count). The predicted octanol–water partition coefficient (Wildman–Crippen LogP) is 2.61. The Morgan fingerprint density at radius 3 is 2.56 bits per heavy atom. The van der Waals surface area contributed by atoms with Crippen LogP contribution in [0.1, 0.15) is 48.9 Å². The number of nitrogens with one attached hydrogen (secondary N) is 1. The van der Waals surface area contributed by atoms with E-state index in [2.05, 4.69) is 20.4 Å². The Bertz CT molecular complexity index is 1070. The summed E-state index contributed by atoms with van der Waals surface area (Å²) in [6.07, 6.45) is 11.0. The average Bonchev–Trinajstić information content (AvgIpc) is 3.23. The fourth-order valence-corrected chi connectivity index (χ4v) is 4.66. The van der Waals surface area contributed by atoms with Crippen LogP contribution in [0.25, 0.3) is 16.8 Å². The SMILES string of the molecule is Nc1ncnn2c(-c3ccncc3)cc(C(=O)N[C@H]3CC[C@H](OC4CCOCC4)CC3)c12. The standard InChI is InChI=1S/C23H28N6O3/c24-22-21-19(13-20(29(21)27-14-26-22)15-5-9-25-10-6-15)23(30)28-16-1-3-17(4-2-16)32-18-7-11-31-12-8-18/h5-6,9-10,13-14,16-18H,1-4,7-8,11-12H2,(H,28,30)(H2,24,26,27)/t16-,17-. The van der Waals surface area contributed by atoms with Gasteiger partial charge in [-0.2, -0.15) is 5.10 Å². The monoisotopic (exact) mass is 436 g/mol. The van der Waals surface area contributed by atoms with Crippen LogP contribution >= 0.6 is 0 Å². The molecule has 1 saturated carbocycles. The van der Waals surface area contributed by atoms with Gasteiger partial charge in [-0.1, -0.05) is 0 Å². The van der Waals surface area contributed by atoms with Crippen LogP contribution in [0.4, 0.5) is 5.82 Å². The number of nitrogens with two attached hydrogens (primary N) is 1. The molecule has 0 unspecified atom stereocenters. The molecule has 0 bridgehead atoms. The lowest BCUT2D eigenvalue weighted by atomic mass is 9.92. The molecule has 1 saturated heterocycles. The van der Waals surface area contributed by atoms with Crippen molar-refractivity contribution in [3.8, 4) is 11.3 Å². The van der Waals surface area contributed by atoms with E-state index < -0.39 is 0 Å². The lowest BCUT2D eigenvalue weighted by Gasteiger charge is -2.33. The number of amides is 1. The number of hydrogen-bond acceptors (Lipinski definition) is 7. The minimum absolute atomic E-state index is 0.113. The molecule has 0 spiro atoms. The first-order chi connectivity index (χ1) is 15.7. The highest BCUT2D eigenvalue weighted by Gasteiger charge is 2.28. The molecule has 2 fully saturated rings. The van der Waals surface area contributed by atoms with Crippen molar-refractivity contribution < 1.29 is 14.3 Å². The smallest absolute Gasteiger partial charge is 0.253 e. The van der Waals surface area contributed by atoms with E-state index >= 15 is 0 Å². The van der Waals surface area contributed by atoms with Gasteiger partial charge in [0, 0.05) is 37.2 Å². The predicted molar refractivity (Wildman–Crippen MR) is 119 cm³/mol. The number of nitrogens with zero attached hydrogens (tertiary/aromatic N) is 4. The number of carbonyl (C=O) groups excluding carboxylic acids is 1. The number of carbonyl (C=O) groups is 1. The summed E-state index contributed by atoms with van der Waals surface area (Å²) in [5.41, 5.74) is 8.81. The zero-order valence-electron chi connectivity index (χ0n) is 17.9. The van der Waals surface area contributed by atoms with E-state index in [0.717, 1.165) is 63.0 Å². The van der Waals surface area contributed by atoms with E-state index in [-0.39, 0.29) is 23.9 Å². The molecule has 9 nitrogen and oxygen atoms in total. The molecule has 32 heavy (non-hydrogen) atoms. The van der Waals surface area contributed by atoms with Crippen molar-refractivity contribution in [1.29, 1.82) is 0 Å². The molecule has 4 heterocycles. The number of nitrogen functional groups attached to an aromatic ring is 1. The minimum atomic E-state index is -0.155. The molecule has 9 heteroatoms. The fourth-order valence-electron chi connectivity index (χ4n) is 4.66. The highest BCUT2D eigenvalue weighted by molar-refractivity contribution is 6.05. The van der Waals surface area contributed by atoms with E-state index in [0.29, 0.717) is 17.2 Å². The first kappa shape index (κ1) is 20.8. The Morgan fingerprint density at radius 2 is 1.81 bits per heavy atom. The van der Waals surface area contributed by atoms with Crippen LogP contribution < -0.4 is 11.1 Å². The second kappa shape index (κ2) is 9.22. The number of ether oxygens (including phenoxy) is 2. The number of hydrogen-bond donors (Lipinski definition) is 2. The summed E-state index contributed by atoms with van der Waals surface area (Å²) >= 11 is 0. The maximum Gasteiger partial charge on any atom is 0.253 e. The molecule has 0 radical (unpaired) electrons. The number of pyridine rings is 1. The van der Waals surface area contributed by atoms with Crippen molar-refractivity contribution in [2.24, 2.45) is 0 Å². The molecule has 3 N–H and O–H groups in total. The molecule has 168 valence electrons. The van der Waals surface area contributed by atoms with Gasteiger partial charge in [0.1, 0.15) is 11.8 Å². The van der Waals surface area contributed by atoms with Crippen molar-refractivity contribution >= 4 is 17.2 Å². The van der Waals surface area contributed by atoms with Crippen LogP contribution in [-0.2, 0) is 9.47 Å². The maximum absolute atomic E-state index is 13.2. The number of aromatic nitrogens is 4. The Morgan fingerprint density at radius 1 is 1.09 bits per heavy atom. The van der Waals surface area contributed by atoms with Crippen LogP contribution in [0.3, 0.4) is 0 Å². The first-order valence-corrected chi connectivity index (χ1v) is 11.3. The second-order valence-corrected chi connectivity index (χ2v) is 8.48. The molecule has 0 aromatic carbocycles. The van der Waals surface area contributed by atoms with Gasteiger partial charge in [-0.05, 0) is 56.7 Å². The van der Waals surface area contributed by atoms with Crippen molar-refractivity contribution in [3.05, 3.63) is 42.5 Å². The normalized spacial score (nSPS) is 22.1. The lowest BCUT2D eigenvalue weighted by Crippen LogP contribution is -2.40. The molecule has 1 aliphatic heterocycles. The van der Waals surface area contributed by atoms with Crippen LogP contribution in [0.15, 0.2) is 36.9 Å². The van der Waals surface area contributed by atoms with E-state index in [4.69, 9.17) is 15.2 Å². The molecule has 3 aromatic heterocycles. The summed E-state index contributed by atoms with van der Waals surface area (Å²) in [6, 6.07) is 5.69. The Labute approximate surface area is 186 Å². The van der Waals surface area contributed by atoms with Gasteiger partial charge in [-0.15, -0.1) is 0 Å². The highest BCUT2D eigenvalue weighted by Crippen LogP contribution is 2.29. The van der Waals surface area contributed by atoms with Gasteiger partial charge in [-0.25, -0.2) is 9.50 Å². The summed E-state index contributed by atoms with van der Waals surface area (Å²) in [5, 5.41) is 7.53. The van der Waals surface area contributed by atoms with Crippen molar-refractivity contribution in [3.63, 3.8) is 0 Å². The molecular formula is C23H28N6O3. The number of anilines is 1. The largest absolute Gasteiger partial charge is 0.382 e. The third kappa shape index (κ3) is 4.31. The summed E-state index contributed by atoms with van der Waals surface area (Å²) in [7, 11) is 0. The number of fused-ring (bicyclic) bond motifs is 1. The van der Waals surface area contributed by atoms with Crippen molar-refractivity contribution in [1.82, 2.24) is 24.9 Å². The van der Waals surface area contributed by atoms with E-state index in [1.165, 1.54) is 6.33 Å². The molecule has 1 aliphatic carbocycles. The summed E-state index contributed by atoms with van der Waals surface area (Å²) < 4.78 is 13.3. The Hall–Kier alpha value is -3.04. The van der Waals surface area contributed by atoms with Crippen LogP contribution in [-0.4, -0.2) is 57.0 Å². The van der Waals surface area contributed by atoms with Gasteiger partial charge in [0.2, 0.25) is 0 Å². The van der Waals surface area contributed by atoms with Gasteiger partial charge in [0.25, 0.3) is 5.91 Å². The van der Waals surface area contributed by atoms with Gasteiger partial charge in [0.15, 0.2) is 5.82 Å². The third-order valence-corrected chi connectivity index (χ3v) is 6.37. The zero-order chi connectivity index (χ0) is 21.9. The zero-order valence-corrected chi connectivity index (χ0v) is 17.9. The Kier molecular flexibility index (Phi) is 6.00. The molecular weight excluding hydrogens is 408 g/mol. The van der Waals surface area contributed by atoms with Gasteiger partial charge in [-0.3, -0.25) is 9.78 Å². The minimum Gasteiger partial charge on any atom is -0.382 e. The summed E-state index contributed by atoms with van der Waals surface area (Å²) in [4.78, 5) is 21.4. The lowest BCUT2D eigenvalue weighted by molar-refractivity contribution is -0.0798. The summed E-state index contributed by atoms with van der Waals surface area (Å²) in [5.74, 6) is 0.122. The van der Waals surface area contributed by atoms with Gasteiger partial charge < -0.3 is 20.5 Å². The highest BCUT2D eigenvalue weighted by atomic mass is 16.5. The quantitative estimate of drug-likeness (QED) is 0.631. The van der Waals surface area contributed by atoms with Crippen LogP contribution in [0.2, 0.25) is 0 Å². The maximum atomic E-state index is 13.2. The summed E-state index contributed by atoms with van der Waals surface area (Å²) in [6.45, 7) is 1.58. The molecule has 2 aliphatic rings. The average molecular weight is 437 g/mol. The van der Waals surface area contributed by atoms with Gasteiger partial charge >= 0.3 is 0 Å². The van der Waals surface area contributed by atoms with Crippen molar-refractivity contribution in [2.75, 3.05) is 18.9 Å². The third-order valence-electron chi connectivity index (χ3n) is 6.37. The molecule has 3 aromatic rings. The number of rotatable bonds is 5. The van der Waals surface area contributed by atoms with E-state index in [9.17, 15) is 4.79 Å². The van der Waals surface area contributed by atoms with Crippen LogP contribution in [0, 0.1) is 0 Å². The van der Waals surface area contributed by atoms with Crippen LogP contribution in [0.5, 0.6) is 0 Å². The second-order valence-electron chi connectivity index (χ2n) is 8.48. The van der Waals surface area contributed by atoms with Gasteiger partial charge in [0.05, 0.1) is 23.5 Å². The Balaban J connectivity index is 1.28. The van der Waals surface area contributed by atoms with E-state index in [1.54, 1.807) is 16.9 Å². The fraction of sp³-hybridized carbons (Fsp3) is 0.478.